The minimum absolute atomic E-state index is 0.0370. The molecule has 5 rings (SSSR count). The Morgan fingerprint density at radius 2 is 1.66 bits per heavy atom. The summed E-state index contributed by atoms with van der Waals surface area (Å²) in [6.07, 6.45) is 4.94. The van der Waals surface area contributed by atoms with Gasteiger partial charge < -0.3 is 20.7 Å². The highest BCUT2D eigenvalue weighted by Crippen LogP contribution is 2.32. The van der Waals surface area contributed by atoms with Crippen LogP contribution in [0.1, 0.15) is 27.7 Å². The summed E-state index contributed by atoms with van der Waals surface area (Å²) in [6, 6.07) is 16.1. The van der Waals surface area contributed by atoms with Gasteiger partial charge in [0.15, 0.2) is 0 Å². The lowest BCUT2D eigenvalue weighted by atomic mass is 10.1. The second-order valence-electron chi connectivity index (χ2n) is 10.3. The maximum Gasteiger partial charge on any atom is 0.323 e. The third-order valence-corrected chi connectivity index (χ3v) is 5.99. The van der Waals surface area contributed by atoms with Gasteiger partial charge in [-0.1, -0.05) is 12.1 Å². The molecule has 0 fully saturated rings. The quantitative estimate of drug-likeness (QED) is 0.213. The van der Waals surface area contributed by atoms with Gasteiger partial charge in [-0.05, 0) is 57.2 Å². The molecule has 3 N–H and O–H groups in total. The number of carbonyl (C=O) groups is 2. The molecule has 0 spiro atoms. The van der Waals surface area contributed by atoms with Crippen LogP contribution in [0.15, 0.2) is 79.3 Å². The number of amides is 3. The van der Waals surface area contributed by atoms with Crippen molar-refractivity contribution in [1.29, 1.82) is 0 Å². The van der Waals surface area contributed by atoms with E-state index in [1.807, 2.05) is 51.1 Å². The van der Waals surface area contributed by atoms with E-state index < -0.39 is 11.8 Å². The van der Waals surface area contributed by atoms with Crippen molar-refractivity contribution in [3.8, 4) is 22.8 Å². The molecule has 208 valence electrons. The first kappa shape index (κ1) is 27.3. The van der Waals surface area contributed by atoms with E-state index in [-0.39, 0.29) is 22.9 Å². The van der Waals surface area contributed by atoms with Gasteiger partial charge in [0.1, 0.15) is 28.8 Å². The molecule has 5 aromatic rings. The predicted octanol–water partition coefficient (Wildman–Crippen LogP) is 6.78. The number of pyridine rings is 2. The summed E-state index contributed by atoms with van der Waals surface area (Å²) in [4.78, 5) is 32.6. The molecule has 0 saturated heterocycles. The molecule has 0 saturated carbocycles. The highest BCUT2D eigenvalue weighted by molar-refractivity contribution is 6.02. The number of anilines is 3. The topological polar surface area (TPSA) is 123 Å². The van der Waals surface area contributed by atoms with E-state index in [1.165, 1.54) is 31.3 Å². The van der Waals surface area contributed by atoms with E-state index in [2.05, 4.69) is 25.9 Å². The van der Waals surface area contributed by atoms with Crippen molar-refractivity contribution >= 4 is 40.0 Å². The SMILES string of the molecule is CC(=O)Nc1cc(Oc2ccc(NC(=O)Nc3cn(C(C)(C)C)nc3-c3ccc4ncccc4c3)c(F)c2)ccn1. The van der Waals surface area contributed by atoms with Crippen LogP contribution in [0.3, 0.4) is 0 Å². The zero-order chi connectivity index (χ0) is 29.1. The molecule has 11 heteroatoms. The Balaban J connectivity index is 1.34. The minimum atomic E-state index is -0.693. The molecule has 0 bridgehead atoms. The molecule has 3 aromatic heterocycles. The molecule has 0 radical (unpaired) electrons. The highest BCUT2D eigenvalue weighted by atomic mass is 19.1. The Morgan fingerprint density at radius 1 is 0.878 bits per heavy atom. The van der Waals surface area contributed by atoms with Crippen molar-refractivity contribution < 1.29 is 18.7 Å². The van der Waals surface area contributed by atoms with Crippen LogP contribution in [0.25, 0.3) is 22.2 Å². The Kier molecular flexibility index (Phi) is 7.34. The third kappa shape index (κ3) is 6.47. The minimum Gasteiger partial charge on any atom is -0.457 e. The summed E-state index contributed by atoms with van der Waals surface area (Å²) < 4.78 is 22.4. The van der Waals surface area contributed by atoms with Crippen LogP contribution in [0.4, 0.5) is 26.4 Å². The van der Waals surface area contributed by atoms with E-state index in [1.54, 1.807) is 23.1 Å². The van der Waals surface area contributed by atoms with Crippen LogP contribution in [-0.4, -0.2) is 31.7 Å². The third-order valence-electron chi connectivity index (χ3n) is 5.99. The smallest absolute Gasteiger partial charge is 0.323 e. The monoisotopic (exact) mass is 553 g/mol. The highest BCUT2D eigenvalue weighted by Gasteiger charge is 2.21. The lowest BCUT2D eigenvalue weighted by Crippen LogP contribution is -2.22. The van der Waals surface area contributed by atoms with Crippen LogP contribution < -0.4 is 20.7 Å². The normalized spacial score (nSPS) is 11.2. The largest absolute Gasteiger partial charge is 0.457 e. The van der Waals surface area contributed by atoms with Gasteiger partial charge >= 0.3 is 6.03 Å². The molecule has 3 amide bonds. The van der Waals surface area contributed by atoms with Gasteiger partial charge in [0, 0.05) is 48.6 Å². The Bertz CT molecular complexity index is 1760. The van der Waals surface area contributed by atoms with Crippen LogP contribution in [0.5, 0.6) is 11.5 Å². The van der Waals surface area contributed by atoms with Crippen molar-refractivity contribution in [1.82, 2.24) is 19.7 Å². The van der Waals surface area contributed by atoms with Crippen molar-refractivity contribution in [2.45, 2.75) is 33.2 Å². The molecular weight excluding hydrogens is 525 g/mol. The van der Waals surface area contributed by atoms with E-state index in [0.717, 1.165) is 22.5 Å². The van der Waals surface area contributed by atoms with Gasteiger partial charge in [-0.25, -0.2) is 14.2 Å². The summed E-state index contributed by atoms with van der Waals surface area (Å²) in [7, 11) is 0. The van der Waals surface area contributed by atoms with Crippen molar-refractivity contribution in [2.24, 2.45) is 0 Å². The van der Waals surface area contributed by atoms with Crippen LogP contribution in [-0.2, 0) is 10.3 Å². The van der Waals surface area contributed by atoms with Gasteiger partial charge in [0.2, 0.25) is 5.91 Å². The van der Waals surface area contributed by atoms with E-state index in [0.29, 0.717) is 22.9 Å². The number of halogens is 1. The molecule has 10 nitrogen and oxygen atoms in total. The van der Waals surface area contributed by atoms with Gasteiger partial charge in [0.05, 0.1) is 22.4 Å². The molecule has 0 unspecified atom stereocenters. The fraction of sp³-hybridized carbons (Fsp3) is 0.167. The molecule has 0 aliphatic carbocycles. The van der Waals surface area contributed by atoms with E-state index in [9.17, 15) is 14.0 Å². The summed E-state index contributed by atoms with van der Waals surface area (Å²) in [6.45, 7) is 7.38. The number of urea groups is 1. The van der Waals surface area contributed by atoms with Crippen LogP contribution in [0.2, 0.25) is 0 Å². The Labute approximate surface area is 235 Å². The molecule has 41 heavy (non-hydrogen) atoms. The maximum atomic E-state index is 14.9. The molecule has 2 aromatic carbocycles. The van der Waals surface area contributed by atoms with Crippen LogP contribution >= 0.6 is 0 Å². The molecule has 0 aliphatic rings. The summed E-state index contributed by atoms with van der Waals surface area (Å²) in [5.41, 5.74) is 2.30. The zero-order valence-corrected chi connectivity index (χ0v) is 22.9. The summed E-state index contributed by atoms with van der Waals surface area (Å²) in [5.74, 6) is -0.106. The zero-order valence-electron chi connectivity index (χ0n) is 22.9. The molecule has 0 aliphatic heterocycles. The summed E-state index contributed by atoms with van der Waals surface area (Å²) in [5, 5.41) is 13.6. The Hall–Kier alpha value is -5.32. The first-order chi connectivity index (χ1) is 19.5. The van der Waals surface area contributed by atoms with E-state index >= 15 is 0 Å². The lowest BCUT2D eigenvalue weighted by molar-refractivity contribution is -0.114. The molecular formula is C30H28FN7O3. The maximum absolute atomic E-state index is 14.9. The number of nitrogens with one attached hydrogen (secondary N) is 3. The number of benzene rings is 2. The van der Waals surface area contributed by atoms with Gasteiger partial charge in [-0.15, -0.1) is 0 Å². The number of ether oxygens (including phenoxy) is 1. The number of fused-ring (bicyclic) bond motifs is 1. The Morgan fingerprint density at radius 3 is 2.41 bits per heavy atom. The van der Waals surface area contributed by atoms with Gasteiger partial charge in [-0.2, -0.15) is 5.10 Å². The first-order valence-corrected chi connectivity index (χ1v) is 12.8. The second-order valence-corrected chi connectivity index (χ2v) is 10.3. The average molecular weight is 554 g/mol. The number of nitrogens with zero attached hydrogens (tertiary/aromatic N) is 4. The number of hydrogen-bond acceptors (Lipinski definition) is 6. The summed E-state index contributed by atoms with van der Waals surface area (Å²) >= 11 is 0. The van der Waals surface area contributed by atoms with Gasteiger partial charge in [0.25, 0.3) is 0 Å². The lowest BCUT2D eigenvalue weighted by Gasteiger charge is -2.18. The van der Waals surface area contributed by atoms with E-state index in [4.69, 9.17) is 9.84 Å². The average Bonchev–Trinajstić information content (AvgIpc) is 3.34. The second kappa shape index (κ2) is 11.0. The van der Waals surface area contributed by atoms with Gasteiger partial charge in [-0.3, -0.25) is 14.5 Å². The number of carbonyl (C=O) groups excluding carboxylic acids is 2. The van der Waals surface area contributed by atoms with Crippen LogP contribution in [0, 0.1) is 5.82 Å². The number of rotatable bonds is 6. The van der Waals surface area contributed by atoms with Crippen molar-refractivity contribution in [3.63, 3.8) is 0 Å². The van der Waals surface area contributed by atoms with Crippen molar-refractivity contribution in [2.75, 3.05) is 16.0 Å². The van der Waals surface area contributed by atoms with Crippen molar-refractivity contribution in [3.05, 3.63) is 85.1 Å². The fourth-order valence-corrected chi connectivity index (χ4v) is 4.04. The fourth-order valence-electron chi connectivity index (χ4n) is 4.04. The first-order valence-electron chi connectivity index (χ1n) is 12.8. The standard InChI is InChI=1S/C30H28FN7O3/c1-18(39)34-27-16-22(11-13-33-27)41-21-8-10-25(23(31)15-21)35-29(40)36-26-17-38(30(2,3)4)37-28(26)20-7-9-24-19(14-20)6-5-12-32-24/h5-17H,1-4H3,(H,33,34,39)(H2,35,36,40). The molecule has 0 atom stereocenters. The number of aromatic nitrogens is 4. The number of hydrogen-bond donors (Lipinski definition) is 3. The molecule has 3 heterocycles. The predicted molar refractivity (Wildman–Crippen MR) is 156 cm³/mol.